The molecule has 2 heterocycles. The summed E-state index contributed by atoms with van der Waals surface area (Å²) in [6.07, 6.45) is -2.66. The van der Waals surface area contributed by atoms with Gasteiger partial charge in [-0.2, -0.15) is 18.3 Å². The number of benzene rings is 1. The maximum absolute atomic E-state index is 12.7. The molecule has 0 saturated carbocycles. The second kappa shape index (κ2) is 7.12. The van der Waals surface area contributed by atoms with Crippen molar-refractivity contribution < 1.29 is 26.4 Å². The van der Waals surface area contributed by atoms with Crippen LogP contribution in [0.2, 0.25) is 0 Å². The van der Waals surface area contributed by atoms with Gasteiger partial charge in [0.15, 0.2) is 15.7 Å². The number of halogens is 3. The van der Waals surface area contributed by atoms with Crippen LogP contribution in [0.5, 0.6) is 0 Å². The minimum Gasteiger partial charge on any atom is -0.365 e. The molecule has 2 atom stereocenters. The molecule has 28 heavy (non-hydrogen) atoms. The fourth-order valence-electron chi connectivity index (χ4n) is 3.29. The van der Waals surface area contributed by atoms with Crippen molar-refractivity contribution >= 4 is 27.2 Å². The number of hydrogen-bond acceptors (Lipinski definition) is 5. The van der Waals surface area contributed by atoms with Gasteiger partial charge >= 0.3 is 6.18 Å². The summed E-state index contributed by atoms with van der Waals surface area (Å²) >= 11 is 0. The number of rotatable bonds is 4. The Bertz CT molecular complexity index is 984. The fourth-order valence-corrected chi connectivity index (χ4v) is 5.08. The molecule has 0 bridgehead atoms. The second-order valence-corrected chi connectivity index (χ2v) is 9.11. The molecule has 7 nitrogen and oxygen atoms in total. The van der Waals surface area contributed by atoms with Crippen LogP contribution in [-0.2, 0) is 16.0 Å². The Balaban J connectivity index is 1.86. The van der Waals surface area contributed by atoms with Gasteiger partial charge in [-0.3, -0.25) is 9.48 Å². The Morgan fingerprint density at radius 1 is 1.29 bits per heavy atom. The number of nitrogens with two attached hydrogens (primary N) is 1. The van der Waals surface area contributed by atoms with Gasteiger partial charge in [-0.05, 0) is 36.6 Å². The Labute approximate surface area is 159 Å². The predicted octanol–water partition coefficient (Wildman–Crippen LogP) is 2.74. The topological polar surface area (TPSA) is 107 Å². The zero-order valence-corrected chi connectivity index (χ0v) is 15.7. The van der Waals surface area contributed by atoms with Gasteiger partial charge in [0.05, 0.1) is 23.1 Å². The highest BCUT2D eigenvalue weighted by atomic mass is 32.2. The molecular weight excluding hydrogens is 397 g/mol. The molecule has 0 unspecified atom stereocenters. The van der Waals surface area contributed by atoms with Gasteiger partial charge in [-0.1, -0.05) is 6.92 Å². The van der Waals surface area contributed by atoms with Gasteiger partial charge < -0.3 is 11.1 Å². The Hall–Kier alpha value is -2.56. The molecular formula is C17H19F3N4O3S. The Morgan fingerprint density at radius 3 is 2.46 bits per heavy atom. The maximum Gasteiger partial charge on any atom is 0.416 e. The number of aromatic nitrogens is 2. The molecule has 3 rings (SSSR count). The number of nitrogens with zero attached hydrogens (tertiary/aromatic N) is 2. The van der Waals surface area contributed by atoms with E-state index >= 15 is 0 Å². The summed E-state index contributed by atoms with van der Waals surface area (Å²) in [5.74, 6) is -0.816. The van der Waals surface area contributed by atoms with Gasteiger partial charge in [0.25, 0.3) is 5.91 Å². The van der Waals surface area contributed by atoms with E-state index in [2.05, 4.69) is 10.4 Å². The van der Waals surface area contributed by atoms with Crippen molar-refractivity contribution in [2.45, 2.75) is 25.6 Å². The van der Waals surface area contributed by atoms with Crippen molar-refractivity contribution in [3.63, 3.8) is 0 Å². The number of carbonyl (C=O) groups is 1. The first kappa shape index (κ1) is 20.2. The summed E-state index contributed by atoms with van der Waals surface area (Å²) < 4.78 is 63.1. The predicted molar refractivity (Wildman–Crippen MR) is 96.9 cm³/mol. The number of nitrogens with one attached hydrogen (secondary N) is 1. The molecule has 3 N–H and O–H groups in total. The number of carbonyl (C=O) groups excluding carboxylic acids is 1. The lowest BCUT2D eigenvalue weighted by Gasteiger charge is -2.28. The third-order valence-corrected chi connectivity index (χ3v) is 6.60. The van der Waals surface area contributed by atoms with E-state index in [1.165, 1.54) is 23.0 Å². The minimum atomic E-state index is -4.45. The average Bonchev–Trinajstić information content (AvgIpc) is 2.97. The van der Waals surface area contributed by atoms with Crippen molar-refractivity contribution in [2.24, 2.45) is 11.7 Å². The summed E-state index contributed by atoms with van der Waals surface area (Å²) in [5, 5.41) is 7.11. The van der Waals surface area contributed by atoms with E-state index in [0.717, 1.165) is 12.1 Å². The van der Waals surface area contributed by atoms with Crippen molar-refractivity contribution in [3.05, 3.63) is 41.6 Å². The molecule has 0 aliphatic carbocycles. The lowest BCUT2D eigenvalue weighted by atomic mass is 10.0. The number of sulfone groups is 1. The largest absolute Gasteiger partial charge is 0.416 e. The van der Waals surface area contributed by atoms with E-state index in [9.17, 15) is 26.4 Å². The smallest absolute Gasteiger partial charge is 0.365 e. The van der Waals surface area contributed by atoms with Crippen molar-refractivity contribution in [1.29, 1.82) is 0 Å². The summed E-state index contributed by atoms with van der Waals surface area (Å²) in [4.78, 5) is 11.8. The van der Waals surface area contributed by atoms with Crippen LogP contribution in [-0.4, -0.2) is 35.6 Å². The highest BCUT2D eigenvalue weighted by Gasteiger charge is 2.33. The third kappa shape index (κ3) is 4.29. The van der Waals surface area contributed by atoms with E-state index in [0.29, 0.717) is 12.1 Å². The van der Waals surface area contributed by atoms with Gasteiger partial charge in [0, 0.05) is 11.9 Å². The van der Waals surface area contributed by atoms with Crippen LogP contribution in [0, 0.1) is 5.92 Å². The quantitative estimate of drug-likeness (QED) is 0.797. The standard InChI is InChI=1S/C17H19F3N4O3S/c1-10-9-28(26,27)7-6-14(10)24-8-13(15(21)25)16(23-24)22-12-4-2-11(3-5-12)17(18,19)20/h2-5,8,10,14H,6-7,9H2,1H3,(H2,21,25)(H,22,23)/t10-,14-/m1/s1. The lowest BCUT2D eigenvalue weighted by Crippen LogP contribution is -2.33. The first-order valence-corrected chi connectivity index (χ1v) is 10.3. The zero-order chi connectivity index (χ0) is 20.7. The average molecular weight is 416 g/mol. The van der Waals surface area contributed by atoms with Crippen LogP contribution in [0.4, 0.5) is 24.7 Å². The molecule has 1 amide bonds. The fraction of sp³-hybridized carbons (Fsp3) is 0.412. The summed E-state index contributed by atoms with van der Waals surface area (Å²) in [5.41, 5.74) is 4.97. The zero-order valence-electron chi connectivity index (χ0n) is 14.9. The number of anilines is 2. The van der Waals surface area contributed by atoms with Crippen LogP contribution in [0.1, 0.15) is 35.3 Å². The first-order chi connectivity index (χ1) is 13.0. The molecule has 1 aromatic heterocycles. The van der Waals surface area contributed by atoms with E-state index in [1.807, 2.05) is 0 Å². The second-order valence-electron chi connectivity index (χ2n) is 6.88. The van der Waals surface area contributed by atoms with Gasteiger partial charge in [-0.15, -0.1) is 0 Å². The molecule has 1 saturated heterocycles. The van der Waals surface area contributed by atoms with Crippen LogP contribution in [0.3, 0.4) is 0 Å². The van der Waals surface area contributed by atoms with Gasteiger partial charge in [0.1, 0.15) is 5.56 Å². The number of primary amides is 1. The highest BCUT2D eigenvalue weighted by Crippen LogP contribution is 2.32. The molecule has 1 aliphatic heterocycles. The summed E-state index contributed by atoms with van der Waals surface area (Å²) in [7, 11) is -3.10. The van der Waals surface area contributed by atoms with Crippen LogP contribution >= 0.6 is 0 Å². The van der Waals surface area contributed by atoms with E-state index in [1.54, 1.807) is 6.92 Å². The molecule has 152 valence electrons. The lowest BCUT2D eigenvalue weighted by molar-refractivity contribution is -0.137. The SMILES string of the molecule is C[C@@H]1CS(=O)(=O)CC[C@H]1n1cc(C(N)=O)c(Nc2ccc(C(F)(F)F)cc2)n1. The Kier molecular flexibility index (Phi) is 5.13. The van der Waals surface area contributed by atoms with E-state index in [-0.39, 0.29) is 34.8 Å². The molecule has 0 radical (unpaired) electrons. The Morgan fingerprint density at radius 2 is 1.93 bits per heavy atom. The molecule has 1 aliphatic rings. The number of alkyl halides is 3. The van der Waals surface area contributed by atoms with Gasteiger partial charge in [0.2, 0.25) is 0 Å². The monoisotopic (exact) mass is 416 g/mol. The first-order valence-electron chi connectivity index (χ1n) is 8.50. The molecule has 2 aromatic rings. The summed E-state index contributed by atoms with van der Waals surface area (Å²) in [6, 6.07) is 4.05. The van der Waals surface area contributed by atoms with Crippen LogP contribution < -0.4 is 11.1 Å². The molecule has 1 aromatic carbocycles. The molecule has 0 spiro atoms. The third-order valence-electron chi connectivity index (χ3n) is 4.71. The molecule has 1 fully saturated rings. The van der Waals surface area contributed by atoms with Gasteiger partial charge in [-0.25, -0.2) is 8.42 Å². The van der Waals surface area contributed by atoms with E-state index in [4.69, 9.17) is 5.73 Å². The maximum atomic E-state index is 12.7. The van der Waals surface area contributed by atoms with Crippen LogP contribution in [0.15, 0.2) is 30.5 Å². The number of amides is 1. The van der Waals surface area contributed by atoms with Crippen molar-refractivity contribution in [2.75, 3.05) is 16.8 Å². The van der Waals surface area contributed by atoms with Crippen molar-refractivity contribution in [3.8, 4) is 0 Å². The number of hydrogen-bond donors (Lipinski definition) is 2. The minimum absolute atomic E-state index is 0.0189. The van der Waals surface area contributed by atoms with Crippen LogP contribution in [0.25, 0.3) is 0 Å². The van der Waals surface area contributed by atoms with E-state index < -0.39 is 27.5 Å². The molecule has 11 heteroatoms. The normalized spacial score (nSPS) is 22.0. The summed E-state index contributed by atoms with van der Waals surface area (Å²) in [6.45, 7) is 1.79. The highest BCUT2D eigenvalue weighted by molar-refractivity contribution is 7.91. The van der Waals surface area contributed by atoms with Crippen molar-refractivity contribution in [1.82, 2.24) is 9.78 Å².